The maximum Gasteiger partial charge on any atom is 0.474 e. The molecule has 0 N–H and O–H groups in total. The predicted octanol–water partition coefficient (Wildman–Crippen LogP) is 10.9. The van der Waals surface area contributed by atoms with Crippen molar-refractivity contribution in [1.29, 1.82) is 0 Å². The fourth-order valence-corrected chi connectivity index (χ4v) is 5.61. The van der Waals surface area contributed by atoms with Gasteiger partial charge < -0.3 is 0 Å². The van der Waals surface area contributed by atoms with Crippen molar-refractivity contribution in [2.75, 3.05) is 19.8 Å². The first-order valence-corrected chi connectivity index (χ1v) is 16.5. The molecule has 4 nitrogen and oxygen atoms in total. The zero-order valence-corrected chi connectivity index (χ0v) is 24.7. The van der Waals surface area contributed by atoms with Crippen molar-refractivity contribution in [2.45, 2.75) is 157 Å². The van der Waals surface area contributed by atoms with E-state index in [2.05, 4.69) is 34.6 Å². The van der Waals surface area contributed by atoms with Gasteiger partial charge in [0.15, 0.2) is 0 Å². The van der Waals surface area contributed by atoms with E-state index in [1.807, 2.05) is 0 Å². The van der Waals surface area contributed by atoms with E-state index in [1.54, 1.807) is 0 Å². The molecule has 0 aromatic rings. The first-order valence-electron chi connectivity index (χ1n) is 15.1. The Morgan fingerprint density at radius 1 is 0.500 bits per heavy atom. The molecule has 0 spiro atoms. The Balaban J connectivity index is 4.35. The van der Waals surface area contributed by atoms with Crippen LogP contribution in [0.5, 0.6) is 0 Å². The van der Waals surface area contributed by atoms with Crippen LogP contribution in [0.25, 0.3) is 0 Å². The molecule has 34 heavy (non-hydrogen) atoms. The molecular formula is C29H61O4P. The van der Waals surface area contributed by atoms with Crippen LogP contribution >= 0.6 is 7.82 Å². The van der Waals surface area contributed by atoms with Gasteiger partial charge in [-0.15, -0.1) is 0 Å². The summed E-state index contributed by atoms with van der Waals surface area (Å²) in [5, 5.41) is 0. The second kappa shape index (κ2) is 24.8. The zero-order chi connectivity index (χ0) is 25.3. The van der Waals surface area contributed by atoms with Gasteiger partial charge >= 0.3 is 7.82 Å². The highest BCUT2D eigenvalue weighted by atomic mass is 31.2. The van der Waals surface area contributed by atoms with Crippen molar-refractivity contribution < 1.29 is 18.1 Å². The summed E-state index contributed by atoms with van der Waals surface area (Å²) in [4.78, 5) is 0. The Bertz CT molecular complexity index is 433. The fraction of sp³-hybridized carbons (Fsp3) is 1.00. The lowest BCUT2D eigenvalue weighted by Gasteiger charge is -2.23. The first kappa shape index (κ1) is 34.1. The molecule has 0 bridgehead atoms. The monoisotopic (exact) mass is 504 g/mol. The first-order chi connectivity index (χ1) is 16.5. The van der Waals surface area contributed by atoms with Crippen LogP contribution in [0.3, 0.4) is 0 Å². The molecule has 0 aliphatic carbocycles. The molecule has 0 heterocycles. The molecule has 0 radical (unpaired) electrons. The van der Waals surface area contributed by atoms with E-state index in [9.17, 15) is 4.57 Å². The van der Waals surface area contributed by atoms with Crippen LogP contribution in [0.4, 0.5) is 0 Å². The highest BCUT2D eigenvalue weighted by Crippen LogP contribution is 2.50. The summed E-state index contributed by atoms with van der Waals surface area (Å²) in [5.74, 6) is 0.842. The third kappa shape index (κ3) is 20.3. The van der Waals surface area contributed by atoms with Gasteiger partial charge in [0.05, 0.1) is 19.8 Å². The normalized spacial score (nSPS) is 15.3. The lowest BCUT2D eigenvalue weighted by Crippen LogP contribution is -2.14. The van der Waals surface area contributed by atoms with E-state index < -0.39 is 7.82 Å². The lowest BCUT2D eigenvalue weighted by atomic mass is 10.0. The van der Waals surface area contributed by atoms with Crippen LogP contribution in [0.15, 0.2) is 0 Å². The maximum atomic E-state index is 13.4. The average molecular weight is 505 g/mol. The molecule has 0 aromatic carbocycles. The van der Waals surface area contributed by atoms with E-state index >= 15 is 0 Å². The third-order valence-corrected chi connectivity index (χ3v) is 8.45. The van der Waals surface area contributed by atoms with Crippen molar-refractivity contribution >= 4 is 7.82 Å². The highest BCUT2D eigenvalue weighted by molar-refractivity contribution is 7.48. The molecule has 0 rings (SSSR count). The van der Waals surface area contributed by atoms with Gasteiger partial charge in [-0.2, -0.15) is 0 Å². The molecule has 0 saturated heterocycles. The van der Waals surface area contributed by atoms with Crippen LogP contribution in [0, 0.1) is 11.8 Å². The third-order valence-electron chi connectivity index (χ3n) is 7.02. The smallest absolute Gasteiger partial charge is 0.287 e. The molecule has 5 heteroatoms. The van der Waals surface area contributed by atoms with Crippen LogP contribution < -0.4 is 0 Å². The Labute approximate surface area is 214 Å². The molecule has 0 fully saturated rings. The number of rotatable bonds is 27. The summed E-state index contributed by atoms with van der Waals surface area (Å²) in [6.07, 6.45) is 23.2. The quantitative estimate of drug-likeness (QED) is 0.0824. The zero-order valence-electron chi connectivity index (χ0n) is 23.8. The minimum Gasteiger partial charge on any atom is -0.287 e. The van der Waals surface area contributed by atoms with Gasteiger partial charge in [0, 0.05) is 0 Å². The number of unbranched alkanes of at least 4 members (excludes halogenated alkanes) is 12. The summed E-state index contributed by atoms with van der Waals surface area (Å²) in [5.41, 5.74) is 0. The molecule has 0 aliphatic heterocycles. The molecule has 206 valence electrons. The second-order valence-electron chi connectivity index (χ2n) is 10.2. The van der Waals surface area contributed by atoms with Crippen molar-refractivity contribution in [3.8, 4) is 0 Å². The van der Waals surface area contributed by atoms with Crippen LogP contribution in [0.2, 0.25) is 0 Å². The van der Waals surface area contributed by atoms with E-state index in [-0.39, 0.29) is 0 Å². The van der Waals surface area contributed by atoms with Crippen molar-refractivity contribution in [1.82, 2.24) is 0 Å². The summed E-state index contributed by atoms with van der Waals surface area (Å²) in [7, 11) is -3.50. The van der Waals surface area contributed by atoms with Crippen molar-refractivity contribution in [3.05, 3.63) is 0 Å². The molecule has 0 saturated carbocycles. The number of hydrogen-bond donors (Lipinski definition) is 0. The lowest BCUT2D eigenvalue weighted by molar-refractivity contribution is 0.0832. The van der Waals surface area contributed by atoms with Gasteiger partial charge in [0.2, 0.25) is 0 Å². The van der Waals surface area contributed by atoms with E-state index in [4.69, 9.17) is 13.6 Å². The standard InChI is InChI=1S/C29H61O4P/c1-6-11-14-15-16-17-18-19-20-21-22-25-31-34(30,32-26-28(9-4)23-12-7-2)33-27-29(10-5)24-13-8-3/h28-29H,6-27H2,1-5H3. The van der Waals surface area contributed by atoms with Gasteiger partial charge in [0.25, 0.3) is 0 Å². The van der Waals surface area contributed by atoms with Gasteiger partial charge in [-0.1, -0.05) is 137 Å². The molecular weight excluding hydrogens is 443 g/mol. The predicted molar refractivity (Wildman–Crippen MR) is 149 cm³/mol. The molecule has 0 aliphatic rings. The molecule has 2 atom stereocenters. The Hall–Kier alpha value is 0.110. The van der Waals surface area contributed by atoms with E-state index in [0.29, 0.717) is 31.7 Å². The fourth-order valence-electron chi connectivity index (χ4n) is 4.24. The van der Waals surface area contributed by atoms with Crippen LogP contribution in [-0.2, 0) is 18.1 Å². The highest BCUT2D eigenvalue weighted by Gasteiger charge is 2.29. The molecule has 0 amide bonds. The summed E-state index contributed by atoms with van der Waals surface area (Å²) >= 11 is 0. The number of hydrogen-bond acceptors (Lipinski definition) is 4. The minimum absolute atomic E-state index is 0.421. The Morgan fingerprint density at radius 2 is 0.882 bits per heavy atom. The maximum absolute atomic E-state index is 13.4. The van der Waals surface area contributed by atoms with E-state index in [0.717, 1.165) is 38.5 Å². The van der Waals surface area contributed by atoms with Gasteiger partial charge in [0.1, 0.15) is 0 Å². The van der Waals surface area contributed by atoms with Gasteiger partial charge in [-0.25, -0.2) is 4.57 Å². The largest absolute Gasteiger partial charge is 0.474 e. The summed E-state index contributed by atoms with van der Waals surface area (Å²) in [6.45, 7) is 12.4. The Kier molecular flexibility index (Phi) is 24.9. The SMILES string of the molecule is CCCCCCCCCCCCCOP(=O)(OCC(CC)CCCC)OCC(CC)CCCC. The Morgan fingerprint density at radius 3 is 1.26 bits per heavy atom. The summed E-state index contributed by atoms with van der Waals surface area (Å²) < 4.78 is 31.0. The summed E-state index contributed by atoms with van der Waals surface area (Å²) in [6, 6.07) is 0. The number of phosphoric ester groups is 1. The van der Waals surface area contributed by atoms with E-state index in [1.165, 1.54) is 83.5 Å². The topological polar surface area (TPSA) is 44.8 Å². The van der Waals surface area contributed by atoms with Crippen molar-refractivity contribution in [2.24, 2.45) is 11.8 Å². The minimum atomic E-state index is -3.50. The van der Waals surface area contributed by atoms with Crippen LogP contribution in [0.1, 0.15) is 157 Å². The second-order valence-corrected chi connectivity index (χ2v) is 11.9. The van der Waals surface area contributed by atoms with Crippen LogP contribution in [-0.4, -0.2) is 19.8 Å². The average Bonchev–Trinajstić information content (AvgIpc) is 2.85. The number of phosphoric acid groups is 1. The van der Waals surface area contributed by atoms with Crippen molar-refractivity contribution in [3.63, 3.8) is 0 Å². The molecule has 0 aromatic heterocycles. The van der Waals surface area contributed by atoms with Gasteiger partial charge in [-0.05, 0) is 31.1 Å². The van der Waals surface area contributed by atoms with Gasteiger partial charge in [-0.3, -0.25) is 13.6 Å². The molecule has 2 unspecified atom stereocenters.